The largest absolute Gasteiger partial charge is 0.334 e. The first-order valence-electron chi connectivity index (χ1n) is 6.66. The zero-order valence-corrected chi connectivity index (χ0v) is 14.2. The van der Waals surface area contributed by atoms with Crippen molar-refractivity contribution in [1.82, 2.24) is 4.90 Å². The Bertz CT molecular complexity index is 779. The molecular formula is C15H18N2O3S2. The van der Waals surface area contributed by atoms with Crippen molar-refractivity contribution in [3.63, 3.8) is 0 Å². The minimum atomic E-state index is -3.70. The number of hydrogen-bond acceptors (Lipinski definition) is 4. The molecule has 22 heavy (non-hydrogen) atoms. The second-order valence-corrected chi connectivity index (χ2v) is 7.62. The normalized spacial score (nSPS) is 12.9. The molecule has 7 heteroatoms. The fourth-order valence-electron chi connectivity index (χ4n) is 2.09. The molecule has 1 atom stereocenters. The summed E-state index contributed by atoms with van der Waals surface area (Å²) in [5.74, 6) is -0.0458. The highest BCUT2D eigenvalue weighted by Gasteiger charge is 2.21. The van der Waals surface area contributed by atoms with Crippen molar-refractivity contribution in [2.45, 2.75) is 24.8 Å². The van der Waals surface area contributed by atoms with Crippen molar-refractivity contribution in [2.24, 2.45) is 5.14 Å². The molecule has 0 aliphatic heterocycles. The highest BCUT2D eigenvalue weighted by Crippen LogP contribution is 2.25. The van der Waals surface area contributed by atoms with Crippen molar-refractivity contribution >= 4 is 27.3 Å². The highest BCUT2D eigenvalue weighted by molar-refractivity contribution is 7.89. The van der Waals surface area contributed by atoms with Crippen LogP contribution in [0.1, 0.15) is 33.8 Å². The Morgan fingerprint density at radius 1 is 1.23 bits per heavy atom. The molecule has 0 unspecified atom stereocenters. The molecule has 5 nitrogen and oxygen atoms in total. The maximum atomic E-state index is 12.5. The minimum absolute atomic E-state index is 0.0458. The third-order valence-corrected chi connectivity index (χ3v) is 5.58. The number of aryl methyl sites for hydroxylation is 1. The number of thiophene rings is 1. The van der Waals surface area contributed by atoms with E-state index >= 15 is 0 Å². The van der Waals surface area contributed by atoms with Gasteiger partial charge in [-0.2, -0.15) is 0 Å². The van der Waals surface area contributed by atoms with E-state index < -0.39 is 10.0 Å². The van der Waals surface area contributed by atoms with Gasteiger partial charge in [0, 0.05) is 7.05 Å². The quantitative estimate of drug-likeness (QED) is 0.930. The molecule has 0 saturated carbocycles. The second-order valence-electron chi connectivity index (χ2n) is 5.14. The van der Waals surface area contributed by atoms with Gasteiger partial charge in [-0.25, -0.2) is 13.6 Å². The van der Waals surface area contributed by atoms with Gasteiger partial charge in [0.2, 0.25) is 10.0 Å². The molecule has 0 saturated heterocycles. The molecule has 2 N–H and O–H groups in total. The summed E-state index contributed by atoms with van der Waals surface area (Å²) in [4.78, 5) is 14.9. The van der Waals surface area contributed by atoms with E-state index in [9.17, 15) is 13.2 Å². The Hall–Kier alpha value is -1.70. The van der Waals surface area contributed by atoms with Gasteiger partial charge >= 0.3 is 0 Å². The first-order chi connectivity index (χ1) is 10.2. The van der Waals surface area contributed by atoms with Gasteiger partial charge in [-0.15, -0.1) is 11.3 Å². The van der Waals surface area contributed by atoms with Gasteiger partial charge in [-0.05, 0) is 48.6 Å². The third-order valence-electron chi connectivity index (χ3n) is 3.65. The van der Waals surface area contributed by atoms with E-state index in [2.05, 4.69) is 0 Å². The topological polar surface area (TPSA) is 80.5 Å². The molecule has 2 rings (SSSR count). The van der Waals surface area contributed by atoms with E-state index in [1.807, 2.05) is 25.3 Å². The van der Waals surface area contributed by atoms with Gasteiger partial charge in [0.25, 0.3) is 5.91 Å². The molecule has 1 amide bonds. The van der Waals surface area contributed by atoms with E-state index in [1.165, 1.54) is 23.5 Å². The molecule has 2 aromatic rings. The van der Waals surface area contributed by atoms with Crippen LogP contribution in [0.2, 0.25) is 0 Å². The molecule has 0 bridgehead atoms. The molecule has 0 fully saturated rings. The summed E-state index contributed by atoms with van der Waals surface area (Å²) in [5, 5.41) is 6.97. The number of carbonyl (C=O) groups excluding carboxylic acids is 1. The molecular weight excluding hydrogens is 320 g/mol. The van der Waals surface area contributed by atoms with Crippen molar-refractivity contribution in [3.8, 4) is 0 Å². The number of carbonyl (C=O) groups is 1. The second kappa shape index (κ2) is 6.20. The summed E-state index contributed by atoms with van der Waals surface area (Å²) in [5.41, 5.74) is 1.80. The average molecular weight is 338 g/mol. The summed E-state index contributed by atoms with van der Waals surface area (Å²) in [7, 11) is -1.97. The van der Waals surface area contributed by atoms with Gasteiger partial charge < -0.3 is 4.90 Å². The van der Waals surface area contributed by atoms with Crippen LogP contribution in [0.25, 0.3) is 0 Å². The summed E-state index contributed by atoms with van der Waals surface area (Å²) in [6, 6.07) is 8.00. The van der Waals surface area contributed by atoms with E-state index in [1.54, 1.807) is 24.1 Å². The summed E-state index contributed by atoms with van der Waals surface area (Å²) in [6.45, 7) is 3.80. The van der Waals surface area contributed by atoms with Crippen LogP contribution < -0.4 is 5.14 Å². The standard InChI is InChI=1S/C15H18N2O3S2/c1-10-8-9-21-14(10)15(18)17(3)11(2)12-4-6-13(7-5-12)22(16,19)20/h4-9,11H,1-3H3,(H2,16,19,20)/t11-/m0/s1. The summed E-state index contributed by atoms with van der Waals surface area (Å²) in [6.07, 6.45) is 0. The predicted molar refractivity (Wildman–Crippen MR) is 87.4 cm³/mol. The number of benzene rings is 1. The Labute approximate surface area is 134 Å². The van der Waals surface area contributed by atoms with Crippen LogP contribution >= 0.6 is 11.3 Å². The lowest BCUT2D eigenvalue weighted by Gasteiger charge is -2.25. The number of amides is 1. The molecule has 1 aromatic carbocycles. The van der Waals surface area contributed by atoms with Crippen LogP contribution in [0.5, 0.6) is 0 Å². The lowest BCUT2D eigenvalue weighted by Crippen LogP contribution is -2.29. The van der Waals surface area contributed by atoms with Crippen LogP contribution in [0, 0.1) is 6.92 Å². The van der Waals surface area contributed by atoms with Crippen LogP contribution in [-0.2, 0) is 10.0 Å². The first kappa shape index (κ1) is 16.7. The number of rotatable bonds is 4. The third kappa shape index (κ3) is 3.37. The Morgan fingerprint density at radius 2 is 1.82 bits per heavy atom. The molecule has 118 valence electrons. The molecule has 0 aliphatic rings. The number of primary sulfonamides is 1. The number of nitrogens with zero attached hydrogens (tertiary/aromatic N) is 1. The number of sulfonamides is 1. The van der Waals surface area contributed by atoms with Crippen LogP contribution in [0.15, 0.2) is 40.6 Å². The van der Waals surface area contributed by atoms with Gasteiger partial charge in [0.1, 0.15) is 0 Å². The van der Waals surface area contributed by atoms with Gasteiger partial charge in [0.05, 0.1) is 15.8 Å². The Balaban J connectivity index is 2.22. The maximum absolute atomic E-state index is 12.5. The van der Waals surface area contributed by atoms with Crippen LogP contribution in [-0.4, -0.2) is 26.3 Å². The molecule has 0 spiro atoms. The van der Waals surface area contributed by atoms with Crippen molar-refractivity contribution in [3.05, 3.63) is 51.7 Å². The predicted octanol–water partition coefficient (Wildman–Crippen LogP) is 2.54. The van der Waals surface area contributed by atoms with E-state index in [0.29, 0.717) is 0 Å². The fraction of sp³-hybridized carbons (Fsp3) is 0.267. The zero-order valence-electron chi connectivity index (χ0n) is 12.6. The van der Waals surface area contributed by atoms with Crippen molar-refractivity contribution in [2.75, 3.05) is 7.05 Å². The number of hydrogen-bond donors (Lipinski definition) is 1. The molecule has 0 radical (unpaired) electrons. The van der Waals surface area contributed by atoms with E-state index in [4.69, 9.17) is 5.14 Å². The SMILES string of the molecule is Cc1ccsc1C(=O)N(C)[C@@H](C)c1ccc(S(N)(=O)=O)cc1. The van der Waals surface area contributed by atoms with Crippen LogP contribution in [0.4, 0.5) is 0 Å². The summed E-state index contributed by atoms with van der Waals surface area (Å²) >= 11 is 1.42. The monoisotopic (exact) mass is 338 g/mol. The fourth-order valence-corrected chi connectivity index (χ4v) is 3.51. The molecule has 0 aliphatic carbocycles. The summed E-state index contributed by atoms with van der Waals surface area (Å²) < 4.78 is 22.5. The van der Waals surface area contributed by atoms with Gasteiger partial charge in [-0.3, -0.25) is 4.79 Å². The first-order valence-corrected chi connectivity index (χ1v) is 9.08. The number of nitrogens with two attached hydrogens (primary N) is 1. The lowest BCUT2D eigenvalue weighted by molar-refractivity contribution is 0.0747. The molecule has 1 heterocycles. The van der Waals surface area contributed by atoms with Crippen molar-refractivity contribution in [1.29, 1.82) is 0 Å². The van der Waals surface area contributed by atoms with Crippen LogP contribution in [0.3, 0.4) is 0 Å². The van der Waals surface area contributed by atoms with Crippen molar-refractivity contribution < 1.29 is 13.2 Å². The van der Waals surface area contributed by atoms with Gasteiger partial charge in [-0.1, -0.05) is 12.1 Å². The minimum Gasteiger partial charge on any atom is -0.334 e. The average Bonchev–Trinajstić information content (AvgIpc) is 2.90. The zero-order chi connectivity index (χ0) is 16.5. The lowest BCUT2D eigenvalue weighted by atomic mass is 10.1. The van der Waals surface area contributed by atoms with E-state index in [0.717, 1.165) is 16.0 Å². The maximum Gasteiger partial charge on any atom is 0.264 e. The Kier molecular flexibility index (Phi) is 4.69. The van der Waals surface area contributed by atoms with Gasteiger partial charge in [0.15, 0.2) is 0 Å². The highest BCUT2D eigenvalue weighted by atomic mass is 32.2. The van der Waals surface area contributed by atoms with E-state index in [-0.39, 0.29) is 16.8 Å². The smallest absolute Gasteiger partial charge is 0.264 e. The Morgan fingerprint density at radius 3 is 2.27 bits per heavy atom. The molecule has 1 aromatic heterocycles.